The van der Waals surface area contributed by atoms with Crippen LogP contribution in [0.5, 0.6) is 11.5 Å². The fourth-order valence-corrected chi connectivity index (χ4v) is 3.00. The molecule has 0 bridgehead atoms. The fraction of sp³-hybridized carbons (Fsp3) is 0.529. The van der Waals surface area contributed by atoms with Gasteiger partial charge in [0.2, 0.25) is 5.91 Å². The molecule has 1 saturated carbocycles. The third kappa shape index (κ3) is 3.55. The Morgan fingerprint density at radius 2 is 2.21 bits per heavy atom. The van der Waals surface area contributed by atoms with Gasteiger partial charge in [0.05, 0.1) is 13.7 Å². The number of carbonyl (C=O) groups excluding carboxylic acids is 1. The molecular weight excluding hydrogens is 308 g/mol. The Morgan fingerprint density at radius 3 is 2.79 bits per heavy atom. The normalized spacial score (nSPS) is 18.8. The van der Waals surface area contributed by atoms with Crippen LogP contribution in [0.25, 0.3) is 0 Å². The number of aromatic hydroxyl groups is 1. The maximum atomic E-state index is 12.3. The summed E-state index contributed by atoms with van der Waals surface area (Å²) in [6.07, 6.45) is 2.28. The summed E-state index contributed by atoms with van der Waals surface area (Å²) < 4.78 is 5.04. The van der Waals surface area contributed by atoms with E-state index in [1.54, 1.807) is 19.2 Å². The predicted octanol–water partition coefficient (Wildman–Crippen LogP) is 0.783. The molecule has 2 N–H and O–H groups in total. The quantitative estimate of drug-likeness (QED) is 0.629. The van der Waals surface area contributed by atoms with Crippen molar-refractivity contribution in [2.75, 3.05) is 33.8 Å². The Kier molecular flexibility index (Phi) is 4.78. The Hall–Kier alpha value is -2.44. The number of ether oxygens (including phenoxy) is 1. The van der Waals surface area contributed by atoms with E-state index in [4.69, 9.17) is 4.74 Å². The van der Waals surface area contributed by atoms with Crippen LogP contribution in [0.3, 0.4) is 0 Å². The minimum absolute atomic E-state index is 0.111. The zero-order valence-corrected chi connectivity index (χ0v) is 14.2. The summed E-state index contributed by atoms with van der Waals surface area (Å²) in [4.78, 5) is 20.5. The maximum Gasteiger partial charge on any atom is 0.242 e. The van der Waals surface area contributed by atoms with Crippen LogP contribution in [0.4, 0.5) is 0 Å². The highest BCUT2D eigenvalue weighted by Gasteiger charge is 2.36. The van der Waals surface area contributed by atoms with Crippen LogP contribution in [0.15, 0.2) is 23.2 Å². The molecule has 0 atom stereocenters. The van der Waals surface area contributed by atoms with E-state index in [0.29, 0.717) is 30.8 Å². The predicted molar refractivity (Wildman–Crippen MR) is 91.2 cm³/mol. The molecule has 1 aliphatic heterocycles. The third-order valence-corrected chi connectivity index (χ3v) is 4.45. The lowest BCUT2D eigenvalue weighted by Crippen LogP contribution is -2.55. The first-order valence-corrected chi connectivity index (χ1v) is 8.23. The summed E-state index contributed by atoms with van der Waals surface area (Å²) in [5.74, 6) is 1.44. The summed E-state index contributed by atoms with van der Waals surface area (Å²) in [5, 5.41) is 13.1. The Morgan fingerprint density at radius 1 is 1.42 bits per heavy atom. The first-order valence-electron chi connectivity index (χ1n) is 8.23. The molecule has 7 nitrogen and oxygen atoms in total. The van der Waals surface area contributed by atoms with Gasteiger partial charge >= 0.3 is 0 Å². The molecule has 1 saturated heterocycles. The Bertz CT molecular complexity index is 643. The van der Waals surface area contributed by atoms with E-state index in [1.807, 2.05) is 15.9 Å². The van der Waals surface area contributed by atoms with Crippen molar-refractivity contribution in [2.24, 2.45) is 4.99 Å². The molecule has 130 valence electrons. The van der Waals surface area contributed by atoms with E-state index in [9.17, 15) is 9.90 Å². The highest BCUT2D eigenvalue weighted by atomic mass is 16.5. The van der Waals surface area contributed by atoms with E-state index >= 15 is 0 Å². The van der Waals surface area contributed by atoms with E-state index in [0.717, 1.165) is 31.5 Å². The van der Waals surface area contributed by atoms with Crippen molar-refractivity contribution in [3.63, 3.8) is 0 Å². The van der Waals surface area contributed by atoms with Crippen LogP contribution >= 0.6 is 0 Å². The first-order chi connectivity index (χ1) is 11.6. The van der Waals surface area contributed by atoms with Crippen LogP contribution in [-0.2, 0) is 11.3 Å². The van der Waals surface area contributed by atoms with Crippen molar-refractivity contribution >= 4 is 11.9 Å². The second-order valence-corrected chi connectivity index (χ2v) is 6.15. The highest BCUT2D eigenvalue weighted by Crippen LogP contribution is 2.28. The van der Waals surface area contributed by atoms with Gasteiger partial charge in [-0.1, -0.05) is 6.07 Å². The maximum absolute atomic E-state index is 12.3. The molecule has 1 heterocycles. The molecule has 7 heteroatoms. The second kappa shape index (κ2) is 6.98. The van der Waals surface area contributed by atoms with E-state index in [2.05, 4.69) is 10.3 Å². The van der Waals surface area contributed by atoms with Crippen LogP contribution in [0, 0.1) is 0 Å². The molecule has 0 unspecified atom stereocenters. The minimum Gasteiger partial charge on any atom is -0.504 e. The van der Waals surface area contributed by atoms with Crippen molar-refractivity contribution in [1.82, 2.24) is 15.1 Å². The van der Waals surface area contributed by atoms with Gasteiger partial charge in [0.15, 0.2) is 17.5 Å². The van der Waals surface area contributed by atoms with Crippen molar-refractivity contribution in [3.8, 4) is 11.5 Å². The molecule has 3 rings (SSSR count). The topological polar surface area (TPSA) is 77.4 Å². The number of piperazine rings is 1. The minimum atomic E-state index is 0.111. The zero-order chi connectivity index (χ0) is 17.1. The van der Waals surface area contributed by atoms with Gasteiger partial charge in [0, 0.05) is 32.7 Å². The van der Waals surface area contributed by atoms with Crippen molar-refractivity contribution in [1.29, 1.82) is 0 Å². The molecule has 0 radical (unpaired) electrons. The largest absolute Gasteiger partial charge is 0.504 e. The van der Waals surface area contributed by atoms with E-state index < -0.39 is 0 Å². The number of methoxy groups -OCH3 is 1. The Labute approximate surface area is 141 Å². The number of hydrogen-bond donors (Lipinski definition) is 2. The molecule has 24 heavy (non-hydrogen) atoms. The number of nitrogens with one attached hydrogen (secondary N) is 1. The van der Waals surface area contributed by atoms with Gasteiger partial charge in [-0.25, -0.2) is 0 Å². The smallest absolute Gasteiger partial charge is 0.242 e. The average molecular weight is 332 g/mol. The number of phenolic OH excluding ortho intramolecular Hbond substituents is 1. The van der Waals surface area contributed by atoms with Gasteiger partial charge in [-0.15, -0.1) is 0 Å². The molecule has 0 aromatic heterocycles. The highest BCUT2D eigenvalue weighted by molar-refractivity contribution is 5.88. The molecule has 1 aliphatic carbocycles. The molecule has 1 amide bonds. The van der Waals surface area contributed by atoms with Gasteiger partial charge in [-0.05, 0) is 30.5 Å². The second-order valence-electron chi connectivity index (χ2n) is 6.15. The summed E-state index contributed by atoms with van der Waals surface area (Å²) in [5.41, 5.74) is 0.914. The number of amides is 1. The van der Waals surface area contributed by atoms with Crippen molar-refractivity contribution in [3.05, 3.63) is 23.8 Å². The van der Waals surface area contributed by atoms with Crippen LogP contribution < -0.4 is 10.1 Å². The molecule has 1 aromatic rings. The number of hydrogen-bond acceptors (Lipinski definition) is 4. The summed E-state index contributed by atoms with van der Waals surface area (Å²) in [7, 11) is 3.23. The van der Waals surface area contributed by atoms with Gasteiger partial charge in [-0.2, -0.15) is 0 Å². The Balaban J connectivity index is 1.57. The molecular formula is C17H24N4O3. The number of rotatable bonds is 4. The fourth-order valence-electron chi connectivity index (χ4n) is 3.00. The molecule has 0 spiro atoms. The average Bonchev–Trinajstić information content (AvgIpc) is 3.40. The zero-order valence-electron chi connectivity index (χ0n) is 14.2. The number of carbonyl (C=O) groups is 1. The van der Waals surface area contributed by atoms with Gasteiger partial charge in [-0.3, -0.25) is 9.79 Å². The number of nitrogens with zero attached hydrogens (tertiary/aromatic N) is 3. The lowest BCUT2D eigenvalue weighted by molar-refractivity contribution is -0.135. The standard InChI is InChI=1S/C17H24N4O3/c1-18-17(19-10-12-3-6-15(24-2)14(22)9-12)20-7-8-21(13-4-5-13)16(23)11-20/h3,6,9,13,22H,4-5,7-8,10-11H2,1-2H3,(H,18,19). The van der Waals surface area contributed by atoms with Gasteiger partial charge < -0.3 is 25.0 Å². The SMILES string of the molecule is CN=C(NCc1ccc(OC)c(O)c1)N1CCN(C2CC2)C(=O)C1. The summed E-state index contributed by atoms with van der Waals surface area (Å²) in [6, 6.07) is 5.74. The first kappa shape index (κ1) is 16.4. The summed E-state index contributed by atoms with van der Waals surface area (Å²) in [6.45, 7) is 2.43. The lowest BCUT2D eigenvalue weighted by Gasteiger charge is -2.36. The van der Waals surface area contributed by atoms with Crippen molar-refractivity contribution < 1.29 is 14.6 Å². The molecule has 1 aromatic carbocycles. The van der Waals surface area contributed by atoms with Crippen LogP contribution in [-0.4, -0.2) is 66.6 Å². The number of phenols is 1. The van der Waals surface area contributed by atoms with Gasteiger partial charge in [0.1, 0.15) is 0 Å². The monoisotopic (exact) mass is 332 g/mol. The molecule has 2 aliphatic rings. The van der Waals surface area contributed by atoms with E-state index in [-0.39, 0.29) is 11.7 Å². The summed E-state index contributed by atoms with van der Waals surface area (Å²) >= 11 is 0. The van der Waals surface area contributed by atoms with E-state index in [1.165, 1.54) is 7.11 Å². The van der Waals surface area contributed by atoms with Crippen LogP contribution in [0.1, 0.15) is 18.4 Å². The molecule has 2 fully saturated rings. The third-order valence-electron chi connectivity index (χ3n) is 4.45. The number of benzene rings is 1. The number of aliphatic imine (C=N–C) groups is 1. The van der Waals surface area contributed by atoms with Gasteiger partial charge in [0.25, 0.3) is 0 Å². The lowest BCUT2D eigenvalue weighted by atomic mass is 10.2. The number of guanidine groups is 1. The van der Waals surface area contributed by atoms with Crippen molar-refractivity contribution in [2.45, 2.75) is 25.4 Å². The van der Waals surface area contributed by atoms with Crippen LogP contribution in [0.2, 0.25) is 0 Å².